The first kappa shape index (κ1) is 31.7. The van der Waals surface area contributed by atoms with Crippen molar-refractivity contribution >= 4 is 32.8 Å². The zero-order valence-corrected chi connectivity index (χ0v) is 30.8. The molecule has 4 fully saturated rings. The maximum atomic E-state index is 6.54. The second-order valence-electron chi connectivity index (χ2n) is 14.9. The largest absolute Gasteiger partial charge is 0.510 e. The molecule has 3 heterocycles. The summed E-state index contributed by atoms with van der Waals surface area (Å²) in [4.78, 5) is 4.99. The normalized spacial score (nSPS) is 21.9. The van der Waals surface area contributed by atoms with Crippen LogP contribution in [0.15, 0.2) is 128 Å². The van der Waals surface area contributed by atoms with Gasteiger partial charge in [-0.25, -0.2) is 4.98 Å². The number of hydrogen-bond acceptors (Lipinski definition) is 2. The molecule has 52 heavy (non-hydrogen) atoms. The van der Waals surface area contributed by atoms with Crippen molar-refractivity contribution in [3.63, 3.8) is 0 Å². The third kappa shape index (κ3) is 5.16. The minimum atomic E-state index is 0. The van der Waals surface area contributed by atoms with Crippen molar-refractivity contribution < 1.29 is 30.4 Å². The van der Waals surface area contributed by atoms with Crippen LogP contribution in [0, 0.1) is 42.1 Å². The van der Waals surface area contributed by atoms with Crippen molar-refractivity contribution in [2.45, 2.75) is 38.0 Å². The number of fused-ring (bicyclic) bond motifs is 4. The molecule has 0 atom stereocenters. The first-order chi connectivity index (χ1) is 25.2. The van der Waals surface area contributed by atoms with Crippen molar-refractivity contribution in [3.05, 3.63) is 152 Å². The minimum Gasteiger partial charge on any atom is -0.510 e. The Morgan fingerprint density at radius 2 is 1.38 bits per heavy atom. The van der Waals surface area contributed by atoms with Gasteiger partial charge in [0.15, 0.2) is 0 Å². The number of nitrogens with zero attached hydrogens (tertiary/aromatic N) is 4. The molecule has 4 aliphatic rings. The molecule has 4 bridgehead atoms. The second-order valence-corrected chi connectivity index (χ2v) is 14.9. The van der Waals surface area contributed by atoms with E-state index in [1.54, 1.807) is 0 Å². The Balaban J connectivity index is 0.00000338. The van der Waals surface area contributed by atoms with Gasteiger partial charge in [0.25, 0.3) is 6.33 Å². The Kier molecular flexibility index (Phi) is 7.69. The summed E-state index contributed by atoms with van der Waals surface area (Å²) in [5.41, 5.74) is 7.56. The average Bonchev–Trinajstić information content (AvgIpc) is 3.71. The summed E-state index contributed by atoms with van der Waals surface area (Å²) in [7, 11) is 0. The maximum Gasteiger partial charge on any atom is 0.268 e. The van der Waals surface area contributed by atoms with Crippen molar-refractivity contribution in [1.82, 2.24) is 14.1 Å². The van der Waals surface area contributed by atoms with E-state index in [-0.39, 0.29) is 21.1 Å². The summed E-state index contributed by atoms with van der Waals surface area (Å²) >= 11 is 0. The zero-order valence-electron chi connectivity index (χ0n) is 28.6. The molecule has 12 rings (SSSR count). The zero-order chi connectivity index (χ0) is 33.5. The smallest absolute Gasteiger partial charge is 0.268 e. The van der Waals surface area contributed by atoms with E-state index in [4.69, 9.17) is 9.72 Å². The first-order valence-electron chi connectivity index (χ1n) is 18.4. The number of imidazole rings is 1. The standard InChI is InChI=1S/C46H36N4O.Pt/c1-2-9-35(10-3-1)48-29-49(43-16-7-6-15-42(43)48)36-11-8-12-37(27-36)51-38-17-18-40-39-13-4-5-14-41(39)50(44(40)28-38)45-26-32(19-20-47-45)46-33-22-30-21-31(24-33)25-34(46)23-30;/h1-20,26,30-31,33-34,46H,21-25H2;/q-2;. The molecule has 0 amide bonds. The molecule has 0 saturated heterocycles. The summed E-state index contributed by atoms with van der Waals surface area (Å²) < 4.78 is 13.0. The van der Waals surface area contributed by atoms with E-state index in [2.05, 4.69) is 106 Å². The van der Waals surface area contributed by atoms with E-state index in [1.165, 1.54) is 43.1 Å². The van der Waals surface area contributed by atoms with Crippen LogP contribution in [0.2, 0.25) is 0 Å². The number of para-hydroxylation sites is 4. The Hall–Kier alpha value is -4.99. The van der Waals surface area contributed by atoms with Crippen LogP contribution in [-0.2, 0) is 21.1 Å². The third-order valence-corrected chi connectivity index (χ3v) is 12.0. The van der Waals surface area contributed by atoms with Crippen molar-refractivity contribution in [3.8, 4) is 28.7 Å². The molecule has 258 valence electrons. The molecule has 0 spiro atoms. The van der Waals surface area contributed by atoms with Crippen LogP contribution in [0.25, 0.3) is 50.0 Å². The van der Waals surface area contributed by atoms with E-state index in [0.29, 0.717) is 17.4 Å². The Morgan fingerprint density at radius 1 is 0.654 bits per heavy atom. The van der Waals surface area contributed by atoms with Crippen LogP contribution in [0.3, 0.4) is 0 Å². The van der Waals surface area contributed by atoms with Crippen LogP contribution >= 0.6 is 0 Å². The number of ether oxygens (including phenoxy) is 1. The SMILES string of the molecule is [Pt].[c-]1c(Oc2[c-]c3c(cc2)c2ccccc2n3-c2cc(C3C4CC5CC(C4)CC3C5)ccn2)cccc1-n1[c-][n+](-c2ccccc2)c2ccccc21. The Morgan fingerprint density at radius 3 is 2.21 bits per heavy atom. The average molecular weight is 856 g/mol. The van der Waals surface area contributed by atoms with Gasteiger partial charge in [0.1, 0.15) is 5.82 Å². The fourth-order valence-electron chi connectivity index (χ4n) is 10.2. The molecule has 6 heteroatoms. The quantitative estimate of drug-likeness (QED) is 0.123. The molecule has 3 aromatic heterocycles. The van der Waals surface area contributed by atoms with Crippen LogP contribution in [-0.4, -0.2) is 14.1 Å². The van der Waals surface area contributed by atoms with E-state index in [9.17, 15) is 0 Å². The fourth-order valence-corrected chi connectivity index (χ4v) is 10.2. The van der Waals surface area contributed by atoms with Crippen LogP contribution in [0.4, 0.5) is 0 Å². The molecule has 5 aromatic carbocycles. The molecule has 4 saturated carbocycles. The molecule has 0 unspecified atom stereocenters. The maximum absolute atomic E-state index is 6.54. The van der Waals surface area contributed by atoms with E-state index in [1.807, 2.05) is 53.2 Å². The summed E-state index contributed by atoms with van der Waals surface area (Å²) in [6, 6.07) is 49.3. The Labute approximate surface area is 317 Å². The summed E-state index contributed by atoms with van der Waals surface area (Å²) in [6.07, 6.45) is 12.7. The van der Waals surface area contributed by atoms with Crippen molar-refractivity contribution in [2.75, 3.05) is 0 Å². The molecular formula is C46H36N4OPt-2. The van der Waals surface area contributed by atoms with Crippen LogP contribution in [0.1, 0.15) is 43.6 Å². The van der Waals surface area contributed by atoms with Gasteiger partial charge in [-0.1, -0.05) is 66.2 Å². The van der Waals surface area contributed by atoms with Gasteiger partial charge >= 0.3 is 0 Å². The van der Waals surface area contributed by atoms with Crippen LogP contribution in [0.5, 0.6) is 11.5 Å². The van der Waals surface area contributed by atoms with Crippen molar-refractivity contribution in [2.24, 2.45) is 23.7 Å². The predicted molar refractivity (Wildman–Crippen MR) is 200 cm³/mol. The molecule has 5 nitrogen and oxygen atoms in total. The molecule has 8 aromatic rings. The number of rotatable bonds is 6. The topological polar surface area (TPSA) is 35.9 Å². The van der Waals surface area contributed by atoms with Crippen LogP contribution < -0.4 is 9.30 Å². The van der Waals surface area contributed by atoms with Crippen molar-refractivity contribution in [1.29, 1.82) is 0 Å². The van der Waals surface area contributed by atoms with E-state index >= 15 is 0 Å². The fraction of sp³-hybridized carbons (Fsp3) is 0.217. The van der Waals surface area contributed by atoms with Gasteiger partial charge in [-0.05, 0) is 109 Å². The molecule has 0 aliphatic heterocycles. The van der Waals surface area contributed by atoms with Gasteiger partial charge < -0.3 is 13.9 Å². The third-order valence-electron chi connectivity index (χ3n) is 12.0. The van der Waals surface area contributed by atoms with Gasteiger partial charge in [0.2, 0.25) is 0 Å². The first-order valence-corrected chi connectivity index (χ1v) is 18.4. The summed E-state index contributed by atoms with van der Waals surface area (Å²) in [5, 5.41) is 2.32. The summed E-state index contributed by atoms with van der Waals surface area (Å²) in [5.74, 6) is 6.41. The summed E-state index contributed by atoms with van der Waals surface area (Å²) in [6.45, 7) is 0. The predicted octanol–water partition coefficient (Wildman–Crippen LogP) is 10.1. The molecule has 0 radical (unpaired) electrons. The van der Waals surface area contributed by atoms with Gasteiger partial charge in [0.05, 0.1) is 16.7 Å². The van der Waals surface area contributed by atoms with Gasteiger partial charge in [-0.3, -0.25) is 4.57 Å². The monoisotopic (exact) mass is 855 g/mol. The number of hydrogen-bond donors (Lipinski definition) is 0. The molecule has 0 N–H and O–H groups in total. The molecule has 4 aliphatic carbocycles. The minimum absolute atomic E-state index is 0. The van der Waals surface area contributed by atoms with Gasteiger partial charge in [-0.15, -0.1) is 29.7 Å². The van der Waals surface area contributed by atoms with Gasteiger partial charge in [-0.2, -0.15) is 18.2 Å². The number of benzene rings is 5. The number of pyridine rings is 1. The van der Waals surface area contributed by atoms with E-state index in [0.717, 1.165) is 68.3 Å². The van der Waals surface area contributed by atoms with E-state index < -0.39 is 0 Å². The number of aromatic nitrogens is 4. The molecular weight excluding hydrogens is 820 g/mol. The second kappa shape index (κ2) is 12.6. The van der Waals surface area contributed by atoms with Gasteiger partial charge in [0, 0.05) is 44.3 Å². The Bertz CT molecular complexity index is 2580.